The second-order valence-electron chi connectivity index (χ2n) is 4.49. The van der Waals surface area contributed by atoms with Crippen LogP contribution in [0.5, 0.6) is 0 Å². The first kappa shape index (κ1) is 15.9. The van der Waals surface area contributed by atoms with Crippen LogP contribution in [0.15, 0.2) is 24.3 Å². The molecule has 0 bridgehead atoms. The summed E-state index contributed by atoms with van der Waals surface area (Å²) in [5, 5.41) is 0. The first-order valence-electron chi connectivity index (χ1n) is 5.77. The van der Waals surface area contributed by atoms with Crippen LogP contribution >= 0.6 is 0 Å². The van der Waals surface area contributed by atoms with E-state index in [1.807, 2.05) is 0 Å². The Kier molecular flexibility index (Phi) is 4.53. The molecule has 1 rings (SSSR count). The van der Waals surface area contributed by atoms with Crippen LogP contribution in [0.4, 0.5) is 26.3 Å². The van der Waals surface area contributed by atoms with Crippen LogP contribution in [0, 0.1) is 12.8 Å². The molecule has 0 N–H and O–H groups in total. The second kappa shape index (κ2) is 5.43. The van der Waals surface area contributed by atoms with Gasteiger partial charge in [-0.1, -0.05) is 36.8 Å². The largest absolute Gasteiger partial charge is 0.396 e. The number of aryl methyl sites for hydroxylation is 1. The van der Waals surface area contributed by atoms with Crippen LogP contribution < -0.4 is 0 Å². The SMILES string of the molecule is CC[C@H]([C@@H](c1ccc(C)cc1)C(F)(F)F)C(F)(F)F. The van der Waals surface area contributed by atoms with Crippen molar-refractivity contribution in [1.82, 2.24) is 0 Å². The first-order chi connectivity index (χ1) is 8.57. The lowest BCUT2D eigenvalue weighted by Crippen LogP contribution is -2.36. The number of rotatable bonds is 3. The van der Waals surface area contributed by atoms with Crippen molar-refractivity contribution in [1.29, 1.82) is 0 Å². The van der Waals surface area contributed by atoms with E-state index in [0.717, 1.165) is 19.1 Å². The van der Waals surface area contributed by atoms with E-state index in [2.05, 4.69) is 0 Å². The van der Waals surface area contributed by atoms with Crippen molar-refractivity contribution < 1.29 is 26.3 Å². The Morgan fingerprint density at radius 1 is 0.895 bits per heavy atom. The molecular weight excluding hydrogens is 270 g/mol. The van der Waals surface area contributed by atoms with Gasteiger partial charge in [0.25, 0.3) is 0 Å². The predicted molar refractivity (Wildman–Crippen MR) is 59.8 cm³/mol. The summed E-state index contributed by atoms with van der Waals surface area (Å²) in [6.45, 7) is 2.78. The van der Waals surface area contributed by atoms with Crippen LogP contribution in [0.25, 0.3) is 0 Å². The fourth-order valence-corrected chi connectivity index (χ4v) is 2.08. The zero-order valence-corrected chi connectivity index (χ0v) is 10.4. The van der Waals surface area contributed by atoms with Gasteiger partial charge in [0.2, 0.25) is 0 Å². The lowest BCUT2D eigenvalue weighted by atomic mass is 9.83. The number of halogens is 6. The summed E-state index contributed by atoms with van der Waals surface area (Å²) in [7, 11) is 0. The van der Waals surface area contributed by atoms with E-state index in [1.54, 1.807) is 6.92 Å². The molecule has 1 aromatic carbocycles. The lowest BCUT2D eigenvalue weighted by Gasteiger charge is -2.30. The van der Waals surface area contributed by atoms with Gasteiger partial charge in [-0.15, -0.1) is 0 Å². The smallest absolute Gasteiger partial charge is 0.171 e. The summed E-state index contributed by atoms with van der Waals surface area (Å²) in [5.41, 5.74) is 0.354. The number of hydrogen-bond donors (Lipinski definition) is 0. The number of alkyl halides is 6. The molecule has 0 saturated heterocycles. The standard InChI is InChI=1S/C13H14F6/c1-3-10(12(14,15)16)11(13(17,18)19)9-6-4-8(2)5-7-9/h4-7,10-11H,3H2,1-2H3/t10-,11-/m1/s1. The summed E-state index contributed by atoms with van der Waals surface area (Å²) >= 11 is 0. The van der Waals surface area contributed by atoms with Gasteiger partial charge in [0.15, 0.2) is 0 Å². The third-order valence-electron chi connectivity index (χ3n) is 3.05. The molecule has 0 amide bonds. The normalized spacial score (nSPS) is 16.2. The Morgan fingerprint density at radius 2 is 1.37 bits per heavy atom. The van der Waals surface area contributed by atoms with E-state index in [9.17, 15) is 26.3 Å². The van der Waals surface area contributed by atoms with Gasteiger partial charge in [-0.25, -0.2) is 0 Å². The zero-order valence-electron chi connectivity index (χ0n) is 10.4. The maximum atomic E-state index is 13.0. The van der Waals surface area contributed by atoms with Gasteiger partial charge in [0.1, 0.15) is 0 Å². The van der Waals surface area contributed by atoms with E-state index < -0.39 is 30.6 Å². The Balaban J connectivity index is 3.26. The van der Waals surface area contributed by atoms with Gasteiger partial charge < -0.3 is 0 Å². The summed E-state index contributed by atoms with van der Waals surface area (Å²) in [4.78, 5) is 0. The molecule has 0 aliphatic rings. The molecule has 0 spiro atoms. The molecule has 0 nitrogen and oxygen atoms in total. The topological polar surface area (TPSA) is 0 Å². The zero-order chi connectivity index (χ0) is 14.8. The predicted octanol–water partition coefficient (Wildman–Crippen LogP) is 5.23. The van der Waals surface area contributed by atoms with Gasteiger partial charge in [0.05, 0.1) is 11.8 Å². The highest BCUT2D eigenvalue weighted by Crippen LogP contribution is 2.48. The van der Waals surface area contributed by atoms with Crippen molar-refractivity contribution in [3.05, 3.63) is 35.4 Å². The maximum Gasteiger partial charge on any atom is 0.396 e. The average Bonchev–Trinajstić information content (AvgIpc) is 2.24. The Bertz CT molecular complexity index is 401. The molecular formula is C13H14F6. The minimum atomic E-state index is -4.93. The molecule has 0 fully saturated rings. The lowest BCUT2D eigenvalue weighted by molar-refractivity contribution is -0.233. The Morgan fingerprint density at radius 3 is 1.68 bits per heavy atom. The van der Waals surface area contributed by atoms with Gasteiger partial charge in [-0.3, -0.25) is 0 Å². The molecule has 0 saturated carbocycles. The molecule has 0 heterocycles. The molecule has 0 unspecified atom stereocenters. The molecule has 108 valence electrons. The van der Waals surface area contributed by atoms with E-state index in [4.69, 9.17) is 0 Å². The summed E-state index contributed by atoms with van der Waals surface area (Å²) in [5.74, 6) is -4.94. The highest BCUT2D eigenvalue weighted by Gasteiger charge is 2.54. The summed E-state index contributed by atoms with van der Waals surface area (Å²) in [6, 6.07) is 5.00. The van der Waals surface area contributed by atoms with Crippen molar-refractivity contribution >= 4 is 0 Å². The molecule has 0 aromatic heterocycles. The fourth-order valence-electron chi connectivity index (χ4n) is 2.08. The molecule has 2 atom stereocenters. The molecule has 0 aliphatic heterocycles. The maximum absolute atomic E-state index is 13.0. The van der Waals surface area contributed by atoms with Crippen LogP contribution in [0.2, 0.25) is 0 Å². The fraction of sp³-hybridized carbons (Fsp3) is 0.538. The molecule has 6 heteroatoms. The minimum Gasteiger partial charge on any atom is -0.171 e. The van der Waals surface area contributed by atoms with Gasteiger partial charge in [0, 0.05) is 0 Å². The van der Waals surface area contributed by atoms with Crippen molar-refractivity contribution in [2.45, 2.75) is 38.5 Å². The van der Waals surface area contributed by atoms with Crippen molar-refractivity contribution in [3.63, 3.8) is 0 Å². The van der Waals surface area contributed by atoms with Crippen LogP contribution in [0.3, 0.4) is 0 Å². The van der Waals surface area contributed by atoms with Crippen LogP contribution in [-0.4, -0.2) is 12.4 Å². The van der Waals surface area contributed by atoms with E-state index in [0.29, 0.717) is 5.56 Å². The minimum absolute atomic E-state index is 0.345. The molecule has 1 aromatic rings. The summed E-state index contributed by atoms with van der Waals surface area (Å²) < 4.78 is 77.2. The van der Waals surface area contributed by atoms with Crippen molar-refractivity contribution in [2.24, 2.45) is 5.92 Å². The summed E-state index contributed by atoms with van der Waals surface area (Å²) in [6.07, 6.45) is -10.4. The highest BCUT2D eigenvalue weighted by atomic mass is 19.4. The molecule has 19 heavy (non-hydrogen) atoms. The second-order valence-corrected chi connectivity index (χ2v) is 4.49. The highest BCUT2D eigenvalue weighted by molar-refractivity contribution is 5.26. The molecule has 0 aliphatic carbocycles. The Labute approximate surface area is 107 Å². The van der Waals surface area contributed by atoms with Crippen LogP contribution in [-0.2, 0) is 0 Å². The van der Waals surface area contributed by atoms with Gasteiger partial charge >= 0.3 is 12.4 Å². The number of hydrogen-bond acceptors (Lipinski definition) is 0. The molecule has 0 radical (unpaired) electrons. The number of benzene rings is 1. The monoisotopic (exact) mass is 284 g/mol. The van der Waals surface area contributed by atoms with Crippen LogP contribution in [0.1, 0.15) is 30.4 Å². The van der Waals surface area contributed by atoms with Crippen molar-refractivity contribution in [3.8, 4) is 0 Å². The van der Waals surface area contributed by atoms with E-state index >= 15 is 0 Å². The van der Waals surface area contributed by atoms with E-state index in [-0.39, 0.29) is 5.56 Å². The third-order valence-corrected chi connectivity index (χ3v) is 3.05. The third kappa shape index (κ3) is 3.88. The van der Waals surface area contributed by atoms with E-state index in [1.165, 1.54) is 12.1 Å². The first-order valence-corrected chi connectivity index (χ1v) is 5.77. The van der Waals surface area contributed by atoms with Crippen molar-refractivity contribution in [2.75, 3.05) is 0 Å². The van der Waals surface area contributed by atoms with Gasteiger partial charge in [-0.2, -0.15) is 26.3 Å². The quantitative estimate of drug-likeness (QED) is 0.667. The van der Waals surface area contributed by atoms with Gasteiger partial charge in [-0.05, 0) is 18.9 Å². The average molecular weight is 284 g/mol. The Hall–Kier alpha value is -1.20.